The fourth-order valence-electron chi connectivity index (χ4n) is 1.96. The topological polar surface area (TPSA) is 88.3 Å². The lowest BCUT2D eigenvalue weighted by Crippen LogP contribution is -2.15. The molecule has 0 saturated heterocycles. The number of rotatable bonds is 1. The van der Waals surface area contributed by atoms with E-state index in [4.69, 9.17) is 21.1 Å². The average molecular weight is 246 g/mol. The van der Waals surface area contributed by atoms with Gasteiger partial charge in [0.25, 0.3) is 0 Å². The van der Waals surface area contributed by atoms with E-state index >= 15 is 0 Å². The summed E-state index contributed by atoms with van der Waals surface area (Å²) in [5.41, 5.74) is 7.44. The van der Waals surface area contributed by atoms with Gasteiger partial charge in [-0.1, -0.05) is 0 Å². The lowest BCUT2D eigenvalue weighted by atomic mass is 10.1. The van der Waals surface area contributed by atoms with Crippen molar-refractivity contribution in [1.82, 2.24) is 9.66 Å². The molecule has 0 radical (unpaired) electrons. The molecule has 3 rings (SSSR count). The molecule has 94 valence electrons. The van der Waals surface area contributed by atoms with Gasteiger partial charge in [0.2, 0.25) is 0 Å². The second-order valence-electron chi connectivity index (χ2n) is 4.12. The maximum absolute atomic E-state index is 5.91. The van der Waals surface area contributed by atoms with Crippen molar-refractivity contribution < 1.29 is 9.47 Å². The summed E-state index contributed by atoms with van der Waals surface area (Å²) in [4.78, 5) is 4.35. The summed E-state index contributed by atoms with van der Waals surface area (Å²) in [6, 6.07) is 5.62. The van der Waals surface area contributed by atoms with Crippen LogP contribution in [0.4, 0.5) is 5.82 Å². The van der Waals surface area contributed by atoms with Crippen molar-refractivity contribution in [1.29, 1.82) is 0 Å². The van der Waals surface area contributed by atoms with Gasteiger partial charge in [0.1, 0.15) is 24.7 Å². The summed E-state index contributed by atoms with van der Waals surface area (Å²) < 4.78 is 12.4. The summed E-state index contributed by atoms with van der Waals surface area (Å²) in [5.74, 6) is 8.30. The molecular formula is C12H14N4O2. The van der Waals surface area contributed by atoms with Crippen LogP contribution in [0.15, 0.2) is 18.2 Å². The Morgan fingerprint density at radius 1 is 1.22 bits per heavy atom. The number of fused-ring (bicyclic) bond motifs is 1. The van der Waals surface area contributed by atoms with Gasteiger partial charge in [-0.05, 0) is 25.1 Å². The predicted molar refractivity (Wildman–Crippen MR) is 68.0 cm³/mol. The number of nitrogens with zero attached hydrogens (tertiary/aromatic N) is 2. The zero-order chi connectivity index (χ0) is 12.7. The van der Waals surface area contributed by atoms with Crippen molar-refractivity contribution in [3.8, 4) is 22.8 Å². The summed E-state index contributed by atoms with van der Waals surface area (Å²) in [5, 5.41) is 0. The Kier molecular flexibility index (Phi) is 2.29. The minimum atomic E-state index is 0.434. The minimum Gasteiger partial charge on any atom is -0.486 e. The lowest BCUT2D eigenvalue weighted by molar-refractivity contribution is 0.171. The number of ether oxygens (including phenoxy) is 2. The third-order valence-electron chi connectivity index (χ3n) is 2.94. The van der Waals surface area contributed by atoms with Crippen molar-refractivity contribution in [2.45, 2.75) is 6.92 Å². The molecule has 0 atom stereocenters. The van der Waals surface area contributed by atoms with Gasteiger partial charge in [-0.2, -0.15) is 0 Å². The molecule has 0 fully saturated rings. The zero-order valence-corrected chi connectivity index (χ0v) is 10.0. The summed E-state index contributed by atoms with van der Waals surface area (Å²) in [6.45, 7) is 2.93. The van der Waals surface area contributed by atoms with Crippen LogP contribution in [0.1, 0.15) is 5.82 Å². The molecule has 2 aromatic rings. The highest BCUT2D eigenvalue weighted by molar-refractivity contribution is 5.73. The molecule has 1 aromatic carbocycles. The number of benzene rings is 1. The smallest absolute Gasteiger partial charge is 0.162 e. The van der Waals surface area contributed by atoms with Gasteiger partial charge < -0.3 is 21.1 Å². The number of aryl methyl sites for hydroxylation is 1. The van der Waals surface area contributed by atoms with Crippen LogP contribution in [0.3, 0.4) is 0 Å². The number of anilines is 1. The number of nitrogens with two attached hydrogens (primary N) is 2. The van der Waals surface area contributed by atoms with E-state index in [1.807, 2.05) is 18.2 Å². The molecule has 1 aliphatic rings. The Bertz CT molecular complexity index is 606. The van der Waals surface area contributed by atoms with Crippen LogP contribution in [-0.2, 0) is 0 Å². The fraction of sp³-hybridized carbons (Fsp3) is 0.250. The zero-order valence-electron chi connectivity index (χ0n) is 10.0. The molecule has 1 aliphatic heterocycles. The van der Waals surface area contributed by atoms with E-state index < -0.39 is 0 Å². The molecule has 0 bridgehead atoms. The van der Waals surface area contributed by atoms with Crippen LogP contribution < -0.4 is 21.1 Å². The largest absolute Gasteiger partial charge is 0.486 e. The Morgan fingerprint density at radius 3 is 2.61 bits per heavy atom. The predicted octanol–water partition coefficient (Wildman–Crippen LogP) is 0.926. The second-order valence-corrected chi connectivity index (χ2v) is 4.12. The van der Waals surface area contributed by atoms with Gasteiger partial charge >= 0.3 is 0 Å². The van der Waals surface area contributed by atoms with Crippen LogP contribution in [0, 0.1) is 6.92 Å². The standard InChI is InChI=1S/C12H14N4O2/c1-7-15-11(12(13)16(7)14)8-2-3-9-10(6-8)18-5-4-17-9/h2-3,6H,4-5,13-14H2,1H3. The van der Waals surface area contributed by atoms with Gasteiger partial charge in [0.05, 0.1) is 0 Å². The molecule has 0 unspecified atom stereocenters. The van der Waals surface area contributed by atoms with Crippen molar-refractivity contribution in [2.24, 2.45) is 0 Å². The van der Waals surface area contributed by atoms with Crippen molar-refractivity contribution in [2.75, 3.05) is 24.8 Å². The molecule has 4 N–H and O–H groups in total. The average Bonchev–Trinajstić information content (AvgIpc) is 2.66. The third kappa shape index (κ3) is 1.54. The van der Waals surface area contributed by atoms with Crippen molar-refractivity contribution >= 4 is 5.82 Å². The number of hydrogen-bond acceptors (Lipinski definition) is 5. The van der Waals surface area contributed by atoms with E-state index in [1.54, 1.807) is 6.92 Å². The minimum absolute atomic E-state index is 0.434. The normalized spacial score (nSPS) is 13.6. The van der Waals surface area contributed by atoms with E-state index in [0.29, 0.717) is 36.3 Å². The maximum Gasteiger partial charge on any atom is 0.162 e. The lowest BCUT2D eigenvalue weighted by Gasteiger charge is -2.18. The number of nitrogen functional groups attached to an aromatic ring is 2. The van der Waals surface area contributed by atoms with E-state index in [2.05, 4.69) is 4.98 Å². The van der Waals surface area contributed by atoms with Crippen LogP contribution >= 0.6 is 0 Å². The van der Waals surface area contributed by atoms with Crippen LogP contribution in [0.2, 0.25) is 0 Å². The van der Waals surface area contributed by atoms with E-state index in [-0.39, 0.29) is 0 Å². The first-order chi connectivity index (χ1) is 8.66. The molecule has 0 saturated carbocycles. The van der Waals surface area contributed by atoms with E-state index in [9.17, 15) is 0 Å². The highest BCUT2D eigenvalue weighted by Gasteiger charge is 2.16. The molecule has 1 aromatic heterocycles. The Balaban J connectivity index is 2.09. The van der Waals surface area contributed by atoms with E-state index in [1.165, 1.54) is 4.68 Å². The second kappa shape index (κ2) is 3.83. The third-order valence-corrected chi connectivity index (χ3v) is 2.94. The molecule has 2 heterocycles. The highest BCUT2D eigenvalue weighted by atomic mass is 16.6. The summed E-state index contributed by atoms with van der Waals surface area (Å²) in [6.07, 6.45) is 0. The van der Waals surface area contributed by atoms with E-state index in [0.717, 1.165) is 11.3 Å². The molecule has 0 aliphatic carbocycles. The van der Waals surface area contributed by atoms with Gasteiger partial charge in [-0.25, -0.2) is 9.66 Å². The molecule has 0 amide bonds. The molecule has 0 spiro atoms. The molecular weight excluding hydrogens is 232 g/mol. The molecule has 6 nitrogen and oxygen atoms in total. The fourth-order valence-corrected chi connectivity index (χ4v) is 1.96. The van der Waals surface area contributed by atoms with Crippen LogP contribution in [0.25, 0.3) is 11.3 Å². The first kappa shape index (κ1) is 10.8. The van der Waals surface area contributed by atoms with Gasteiger partial charge in [0, 0.05) is 5.56 Å². The van der Waals surface area contributed by atoms with Crippen LogP contribution in [0.5, 0.6) is 11.5 Å². The van der Waals surface area contributed by atoms with Crippen molar-refractivity contribution in [3.63, 3.8) is 0 Å². The first-order valence-electron chi connectivity index (χ1n) is 5.66. The van der Waals surface area contributed by atoms with Crippen molar-refractivity contribution in [3.05, 3.63) is 24.0 Å². The summed E-state index contributed by atoms with van der Waals surface area (Å²) >= 11 is 0. The molecule has 6 heteroatoms. The monoisotopic (exact) mass is 246 g/mol. The Morgan fingerprint density at radius 2 is 1.94 bits per heavy atom. The van der Waals surface area contributed by atoms with Gasteiger partial charge in [-0.15, -0.1) is 0 Å². The quantitative estimate of drug-likeness (QED) is 0.731. The number of imidazole rings is 1. The highest BCUT2D eigenvalue weighted by Crippen LogP contribution is 2.35. The Hall–Kier alpha value is -2.37. The Labute approximate surface area is 104 Å². The number of hydrogen-bond donors (Lipinski definition) is 2. The van der Waals surface area contributed by atoms with Gasteiger partial charge in [-0.3, -0.25) is 0 Å². The summed E-state index contributed by atoms with van der Waals surface area (Å²) in [7, 11) is 0. The van der Waals surface area contributed by atoms with Gasteiger partial charge in [0.15, 0.2) is 17.3 Å². The first-order valence-corrected chi connectivity index (χ1v) is 5.66. The maximum atomic E-state index is 5.91. The number of aromatic nitrogens is 2. The molecule has 18 heavy (non-hydrogen) atoms. The SMILES string of the molecule is Cc1nc(-c2ccc3c(c2)OCCO3)c(N)n1N. The van der Waals surface area contributed by atoms with Crippen LogP contribution in [-0.4, -0.2) is 22.9 Å².